The van der Waals surface area contributed by atoms with E-state index < -0.39 is 9.85 Å². The van der Waals surface area contributed by atoms with Crippen LogP contribution in [0.2, 0.25) is 0 Å². The lowest BCUT2D eigenvalue weighted by Gasteiger charge is -2.21. The molecule has 0 spiro atoms. The maximum atomic E-state index is 11.6. The van der Waals surface area contributed by atoms with Crippen molar-refractivity contribution in [1.29, 1.82) is 0 Å². The van der Waals surface area contributed by atoms with E-state index in [0.717, 1.165) is 40.6 Å². The summed E-state index contributed by atoms with van der Waals surface area (Å²) in [4.78, 5) is 26.0. The van der Waals surface area contributed by atoms with E-state index in [-0.39, 0.29) is 11.4 Å². The fraction of sp³-hybridized carbons (Fsp3) is 0.333. The normalized spacial score (nSPS) is 14.9. The van der Waals surface area contributed by atoms with Gasteiger partial charge >= 0.3 is 0 Å². The van der Waals surface area contributed by atoms with Gasteiger partial charge < -0.3 is 4.98 Å². The Morgan fingerprint density at radius 1 is 1.00 bits per heavy atom. The summed E-state index contributed by atoms with van der Waals surface area (Å²) in [7, 11) is 0. The number of aromatic amines is 1. The molecule has 2 aromatic carbocycles. The number of rotatable bonds is 5. The van der Waals surface area contributed by atoms with Crippen LogP contribution in [0, 0.1) is 27.2 Å². The Bertz CT molecular complexity index is 1090. The van der Waals surface area contributed by atoms with Gasteiger partial charge in [0.1, 0.15) is 5.52 Å². The first-order chi connectivity index (χ1) is 13.9. The summed E-state index contributed by atoms with van der Waals surface area (Å²) in [6, 6.07) is 10.4. The number of thioether (sulfide) groups is 1. The van der Waals surface area contributed by atoms with E-state index in [1.54, 1.807) is 11.8 Å². The van der Waals surface area contributed by atoms with Crippen LogP contribution in [-0.4, -0.2) is 20.1 Å². The SMILES string of the molecule is Cc1ccc(-c2[nH]c3c([N+](=O)[O-])cc([N+](=O)[O-])cc3c2SC2CCCCC2)cc1. The predicted molar refractivity (Wildman–Crippen MR) is 115 cm³/mol. The average Bonchev–Trinajstić information content (AvgIpc) is 3.06. The lowest BCUT2D eigenvalue weighted by atomic mass is 10.0. The van der Waals surface area contributed by atoms with Gasteiger partial charge in [0.15, 0.2) is 0 Å². The molecule has 1 N–H and O–H groups in total. The van der Waals surface area contributed by atoms with Gasteiger partial charge in [0, 0.05) is 21.6 Å². The summed E-state index contributed by atoms with van der Waals surface area (Å²) in [6.07, 6.45) is 5.73. The molecule has 0 amide bonds. The van der Waals surface area contributed by atoms with E-state index in [9.17, 15) is 20.2 Å². The van der Waals surface area contributed by atoms with E-state index in [4.69, 9.17) is 0 Å². The zero-order valence-electron chi connectivity index (χ0n) is 16.0. The minimum absolute atomic E-state index is 0.260. The fourth-order valence-corrected chi connectivity index (χ4v) is 5.36. The van der Waals surface area contributed by atoms with Crippen molar-refractivity contribution in [1.82, 2.24) is 4.98 Å². The van der Waals surface area contributed by atoms with Crippen molar-refractivity contribution < 1.29 is 9.85 Å². The van der Waals surface area contributed by atoms with Gasteiger partial charge in [0.05, 0.1) is 21.6 Å². The molecule has 0 saturated heterocycles. The van der Waals surface area contributed by atoms with E-state index in [0.29, 0.717) is 16.2 Å². The number of hydrogen-bond donors (Lipinski definition) is 1. The molecular weight excluding hydrogens is 390 g/mol. The van der Waals surface area contributed by atoms with Crippen LogP contribution in [0.5, 0.6) is 0 Å². The molecule has 150 valence electrons. The molecule has 0 unspecified atom stereocenters. The fourth-order valence-electron chi connectivity index (χ4n) is 3.88. The zero-order chi connectivity index (χ0) is 20.5. The number of non-ortho nitro benzene ring substituents is 2. The Morgan fingerprint density at radius 2 is 1.69 bits per heavy atom. The van der Waals surface area contributed by atoms with Crippen LogP contribution >= 0.6 is 11.8 Å². The second kappa shape index (κ2) is 7.87. The number of hydrogen-bond acceptors (Lipinski definition) is 5. The molecule has 7 nitrogen and oxygen atoms in total. The Balaban J connectivity index is 1.95. The van der Waals surface area contributed by atoms with Gasteiger partial charge in [-0.25, -0.2) is 0 Å². The topological polar surface area (TPSA) is 102 Å². The van der Waals surface area contributed by atoms with Gasteiger partial charge in [-0.05, 0) is 25.3 Å². The predicted octanol–water partition coefficient (Wildman–Crippen LogP) is 6.38. The summed E-state index contributed by atoms with van der Waals surface area (Å²) in [5.41, 5.74) is 2.64. The van der Waals surface area contributed by atoms with E-state index in [1.165, 1.54) is 25.3 Å². The summed E-state index contributed by atoms with van der Waals surface area (Å²) < 4.78 is 0. The summed E-state index contributed by atoms with van der Waals surface area (Å²) >= 11 is 1.69. The second-order valence-corrected chi connectivity index (χ2v) is 8.79. The Hall–Kier alpha value is -2.87. The minimum Gasteiger partial charge on any atom is -0.348 e. The molecule has 0 bridgehead atoms. The first-order valence-electron chi connectivity index (χ1n) is 9.66. The summed E-state index contributed by atoms with van der Waals surface area (Å²) in [6.45, 7) is 2.00. The molecule has 29 heavy (non-hydrogen) atoms. The smallest absolute Gasteiger partial charge is 0.300 e. The van der Waals surface area contributed by atoms with Gasteiger partial charge in [0.2, 0.25) is 0 Å². The molecule has 0 atom stereocenters. The highest BCUT2D eigenvalue weighted by atomic mass is 32.2. The molecule has 0 aliphatic heterocycles. The number of nitrogens with one attached hydrogen (secondary N) is 1. The van der Waals surface area contributed by atoms with Crippen molar-refractivity contribution in [2.24, 2.45) is 0 Å². The van der Waals surface area contributed by atoms with Crippen molar-refractivity contribution in [3.8, 4) is 11.3 Å². The third-order valence-electron chi connectivity index (χ3n) is 5.41. The van der Waals surface area contributed by atoms with Gasteiger partial charge in [-0.1, -0.05) is 49.1 Å². The lowest BCUT2D eigenvalue weighted by Crippen LogP contribution is -2.07. The maximum Gasteiger partial charge on any atom is 0.300 e. The van der Waals surface area contributed by atoms with Gasteiger partial charge in [0.25, 0.3) is 11.4 Å². The Morgan fingerprint density at radius 3 is 2.31 bits per heavy atom. The number of aromatic nitrogens is 1. The molecule has 1 saturated carbocycles. The summed E-state index contributed by atoms with van der Waals surface area (Å²) in [5, 5.41) is 24.0. The molecule has 1 aliphatic carbocycles. The third-order valence-corrected chi connectivity index (χ3v) is 6.87. The zero-order valence-corrected chi connectivity index (χ0v) is 16.8. The van der Waals surface area contributed by atoms with Gasteiger partial charge in [-0.3, -0.25) is 20.2 Å². The van der Waals surface area contributed by atoms with Crippen LogP contribution in [0.25, 0.3) is 22.2 Å². The molecule has 3 aromatic rings. The first kappa shape index (κ1) is 19.4. The van der Waals surface area contributed by atoms with Crippen molar-refractivity contribution >= 4 is 34.0 Å². The number of nitro benzene ring substituents is 2. The van der Waals surface area contributed by atoms with Crippen molar-refractivity contribution in [3.63, 3.8) is 0 Å². The Labute approximate surface area is 171 Å². The first-order valence-corrected chi connectivity index (χ1v) is 10.5. The molecule has 8 heteroatoms. The average molecular weight is 411 g/mol. The second-order valence-electron chi connectivity index (χ2n) is 7.47. The van der Waals surface area contributed by atoms with Crippen LogP contribution in [0.3, 0.4) is 0 Å². The van der Waals surface area contributed by atoms with Crippen LogP contribution in [-0.2, 0) is 0 Å². The van der Waals surface area contributed by atoms with Crippen molar-refractivity contribution in [2.75, 3.05) is 0 Å². The van der Waals surface area contributed by atoms with E-state index >= 15 is 0 Å². The number of H-pyrrole nitrogens is 1. The molecule has 1 fully saturated rings. The molecule has 1 aliphatic rings. The van der Waals surface area contributed by atoms with Gasteiger partial charge in [-0.2, -0.15) is 0 Å². The van der Waals surface area contributed by atoms with Gasteiger partial charge in [-0.15, -0.1) is 11.8 Å². The number of benzene rings is 2. The standard InChI is InChI=1S/C21H21N3O4S/c1-13-7-9-14(10-8-13)19-21(29-16-5-3-2-4-6-16)17-11-15(23(25)26)12-18(24(27)28)20(17)22-19/h7-12,16,22H,2-6H2,1H3. The highest BCUT2D eigenvalue weighted by Gasteiger charge is 2.27. The molecular formula is C21H21N3O4S. The van der Waals surface area contributed by atoms with Crippen LogP contribution in [0.15, 0.2) is 41.3 Å². The lowest BCUT2D eigenvalue weighted by molar-refractivity contribution is -0.393. The highest BCUT2D eigenvalue weighted by molar-refractivity contribution is 8.00. The van der Waals surface area contributed by atoms with Crippen LogP contribution in [0.4, 0.5) is 11.4 Å². The van der Waals surface area contributed by atoms with Crippen LogP contribution in [0.1, 0.15) is 37.7 Å². The van der Waals surface area contributed by atoms with Crippen LogP contribution < -0.4 is 0 Å². The van der Waals surface area contributed by atoms with Crippen molar-refractivity contribution in [3.05, 3.63) is 62.2 Å². The molecule has 4 rings (SSSR count). The molecule has 0 radical (unpaired) electrons. The number of nitro groups is 2. The number of aryl methyl sites for hydroxylation is 1. The highest BCUT2D eigenvalue weighted by Crippen LogP contribution is 2.46. The van der Waals surface area contributed by atoms with E-state index in [1.807, 2.05) is 31.2 Å². The minimum atomic E-state index is -0.569. The molecule has 1 aromatic heterocycles. The summed E-state index contributed by atoms with van der Waals surface area (Å²) in [5.74, 6) is 0. The number of nitrogens with zero attached hydrogens (tertiary/aromatic N) is 2. The molecule has 1 heterocycles. The quantitative estimate of drug-likeness (QED) is 0.387. The van der Waals surface area contributed by atoms with E-state index in [2.05, 4.69) is 4.98 Å². The number of fused-ring (bicyclic) bond motifs is 1. The Kier molecular flexibility index (Phi) is 5.27. The largest absolute Gasteiger partial charge is 0.348 e. The maximum absolute atomic E-state index is 11.6. The van der Waals surface area contributed by atoms with Crippen molar-refractivity contribution in [2.45, 2.75) is 49.2 Å². The third kappa shape index (κ3) is 3.85. The monoisotopic (exact) mass is 411 g/mol.